The Morgan fingerprint density at radius 1 is 0.651 bits per heavy atom. The highest BCUT2D eigenvalue weighted by atomic mass is 16.5. The van der Waals surface area contributed by atoms with Gasteiger partial charge in [-0.1, -0.05) is 72.8 Å². The van der Waals surface area contributed by atoms with E-state index < -0.39 is 0 Å². The van der Waals surface area contributed by atoms with Crippen LogP contribution < -0.4 is 24.4 Å². The van der Waals surface area contributed by atoms with Gasteiger partial charge in [0.05, 0.1) is 19.4 Å². The van der Waals surface area contributed by atoms with Crippen LogP contribution in [0.3, 0.4) is 0 Å². The molecule has 0 aromatic heterocycles. The fourth-order valence-electron chi connectivity index (χ4n) is 4.57. The topological polar surface area (TPSA) is 78.4 Å². The predicted octanol–water partition coefficient (Wildman–Crippen LogP) is 7.56. The van der Waals surface area contributed by atoms with E-state index in [-0.39, 0.29) is 5.91 Å². The average molecular weight is 575 g/mol. The lowest BCUT2D eigenvalue weighted by molar-refractivity contribution is 0.0957. The first kappa shape index (κ1) is 29.2. The average Bonchev–Trinajstić information content (AvgIpc) is 3.04. The van der Waals surface area contributed by atoms with E-state index in [1.54, 1.807) is 12.3 Å². The van der Waals surface area contributed by atoms with E-state index in [0.717, 1.165) is 27.5 Å². The van der Waals surface area contributed by atoms with Crippen molar-refractivity contribution >= 4 is 22.9 Å². The lowest BCUT2D eigenvalue weighted by Crippen LogP contribution is -2.17. The van der Waals surface area contributed by atoms with Crippen molar-refractivity contribution in [3.05, 3.63) is 131 Å². The van der Waals surface area contributed by atoms with Crippen molar-refractivity contribution in [3.63, 3.8) is 0 Å². The molecule has 0 aliphatic rings. The summed E-state index contributed by atoms with van der Waals surface area (Å²) in [5.74, 6) is 2.25. The molecule has 43 heavy (non-hydrogen) atoms. The SMILES string of the molecule is CCOc1cc(/C=N/NC(=O)c2cccc3ccccc23)ccc1OCc1ccc(OCc2ccccc2)c(OCC)c1. The summed E-state index contributed by atoms with van der Waals surface area (Å²) in [5.41, 5.74) is 5.97. The van der Waals surface area contributed by atoms with Crippen LogP contribution in [-0.2, 0) is 13.2 Å². The fraction of sp³-hybridized carbons (Fsp3) is 0.167. The zero-order chi connectivity index (χ0) is 29.9. The minimum Gasteiger partial charge on any atom is -0.490 e. The molecule has 0 atom stereocenters. The summed E-state index contributed by atoms with van der Waals surface area (Å²) in [6.07, 6.45) is 1.58. The number of hydrogen-bond acceptors (Lipinski definition) is 6. The molecule has 0 radical (unpaired) electrons. The maximum Gasteiger partial charge on any atom is 0.271 e. The van der Waals surface area contributed by atoms with E-state index >= 15 is 0 Å². The molecule has 7 heteroatoms. The highest BCUT2D eigenvalue weighted by molar-refractivity contribution is 6.07. The number of rotatable bonds is 13. The number of nitrogens with zero attached hydrogens (tertiary/aromatic N) is 1. The first-order valence-electron chi connectivity index (χ1n) is 14.3. The molecular weight excluding hydrogens is 540 g/mol. The Bertz CT molecular complexity index is 1700. The second kappa shape index (κ2) is 14.5. The minimum atomic E-state index is -0.277. The zero-order valence-corrected chi connectivity index (χ0v) is 24.3. The number of benzene rings is 5. The Morgan fingerprint density at radius 2 is 1.30 bits per heavy atom. The number of ether oxygens (including phenoxy) is 4. The standard InChI is InChI=1S/C36H34N2O5/c1-3-40-34-21-27(23-37-38-36(39)31-16-10-14-29-13-8-9-15-30(29)31)17-19-32(34)43-25-28-18-20-33(35(22-28)41-4-2)42-24-26-11-6-5-7-12-26/h5-23H,3-4,24-25H2,1-2H3,(H,38,39)/b37-23+. The maximum atomic E-state index is 12.8. The lowest BCUT2D eigenvalue weighted by atomic mass is 10.0. The Kier molecular flexibility index (Phi) is 9.88. The molecule has 0 fully saturated rings. The van der Waals surface area contributed by atoms with Gasteiger partial charge in [0.1, 0.15) is 13.2 Å². The number of hydrazone groups is 1. The highest BCUT2D eigenvalue weighted by Gasteiger charge is 2.11. The third kappa shape index (κ3) is 7.71. The fourth-order valence-corrected chi connectivity index (χ4v) is 4.57. The molecule has 7 nitrogen and oxygen atoms in total. The van der Waals surface area contributed by atoms with E-state index in [4.69, 9.17) is 18.9 Å². The van der Waals surface area contributed by atoms with Crippen LogP contribution in [0.1, 0.15) is 40.9 Å². The van der Waals surface area contributed by atoms with Gasteiger partial charge in [-0.3, -0.25) is 4.79 Å². The molecule has 5 rings (SSSR count). The van der Waals surface area contributed by atoms with Gasteiger partial charge in [-0.2, -0.15) is 5.10 Å². The van der Waals surface area contributed by atoms with Crippen molar-refractivity contribution in [2.24, 2.45) is 5.10 Å². The molecule has 0 bridgehead atoms. The number of hydrogen-bond donors (Lipinski definition) is 1. The summed E-state index contributed by atoms with van der Waals surface area (Å²) < 4.78 is 23.9. The smallest absolute Gasteiger partial charge is 0.271 e. The zero-order valence-electron chi connectivity index (χ0n) is 24.3. The lowest BCUT2D eigenvalue weighted by Gasteiger charge is -2.15. The van der Waals surface area contributed by atoms with Crippen molar-refractivity contribution in [3.8, 4) is 23.0 Å². The molecule has 0 unspecified atom stereocenters. The van der Waals surface area contributed by atoms with E-state index in [9.17, 15) is 4.79 Å². The van der Waals surface area contributed by atoms with Crippen LogP contribution in [0, 0.1) is 0 Å². The Morgan fingerprint density at radius 3 is 2.07 bits per heavy atom. The van der Waals surface area contributed by atoms with Gasteiger partial charge >= 0.3 is 0 Å². The van der Waals surface area contributed by atoms with Crippen LogP contribution in [0.5, 0.6) is 23.0 Å². The quantitative estimate of drug-likeness (QED) is 0.116. The van der Waals surface area contributed by atoms with Gasteiger partial charge in [0.2, 0.25) is 0 Å². The Labute approximate surface area is 251 Å². The number of carbonyl (C=O) groups excluding carboxylic acids is 1. The monoisotopic (exact) mass is 574 g/mol. The second-order valence-corrected chi connectivity index (χ2v) is 9.64. The number of amides is 1. The highest BCUT2D eigenvalue weighted by Crippen LogP contribution is 2.32. The molecule has 0 heterocycles. The summed E-state index contributed by atoms with van der Waals surface area (Å²) in [6, 6.07) is 34.7. The molecular formula is C36H34N2O5. The van der Waals surface area contributed by atoms with Crippen molar-refractivity contribution in [2.45, 2.75) is 27.1 Å². The van der Waals surface area contributed by atoms with Crippen LogP contribution in [0.25, 0.3) is 10.8 Å². The molecule has 1 N–H and O–H groups in total. The Balaban J connectivity index is 1.23. The van der Waals surface area contributed by atoms with Gasteiger partial charge in [-0.25, -0.2) is 5.43 Å². The van der Waals surface area contributed by atoms with Gasteiger partial charge in [0, 0.05) is 5.56 Å². The number of fused-ring (bicyclic) bond motifs is 1. The van der Waals surface area contributed by atoms with Crippen LogP contribution in [0.2, 0.25) is 0 Å². The van der Waals surface area contributed by atoms with Crippen LogP contribution in [0.4, 0.5) is 0 Å². The van der Waals surface area contributed by atoms with Crippen molar-refractivity contribution in [2.75, 3.05) is 13.2 Å². The largest absolute Gasteiger partial charge is 0.490 e. The summed E-state index contributed by atoms with van der Waals surface area (Å²) in [6.45, 7) is 5.61. The number of carbonyl (C=O) groups is 1. The molecule has 0 spiro atoms. The first-order chi connectivity index (χ1) is 21.1. The van der Waals surface area contributed by atoms with Crippen LogP contribution in [-0.4, -0.2) is 25.3 Å². The van der Waals surface area contributed by atoms with E-state index in [2.05, 4.69) is 10.5 Å². The molecule has 0 saturated carbocycles. The minimum absolute atomic E-state index is 0.277. The first-order valence-corrected chi connectivity index (χ1v) is 14.3. The van der Waals surface area contributed by atoms with E-state index in [0.29, 0.717) is 55.0 Å². The van der Waals surface area contributed by atoms with Gasteiger partial charge in [0.25, 0.3) is 5.91 Å². The molecule has 0 aliphatic heterocycles. The van der Waals surface area contributed by atoms with E-state index in [1.807, 2.05) is 117 Å². The summed E-state index contributed by atoms with van der Waals surface area (Å²) in [7, 11) is 0. The molecule has 5 aromatic carbocycles. The molecule has 1 amide bonds. The van der Waals surface area contributed by atoms with E-state index in [1.165, 1.54) is 0 Å². The number of nitrogens with one attached hydrogen (secondary N) is 1. The van der Waals surface area contributed by atoms with Gasteiger partial charge in [0.15, 0.2) is 23.0 Å². The van der Waals surface area contributed by atoms with Gasteiger partial charge < -0.3 is 18.9 Å². The molecule has 0 aliphatic carbocycles. The van der Waals surface area contributed by atoms with Gasteiger partial charge in [-0.15, -0.1) is 0 Å². The van der Waals surface area contributed by atoms with Crippen LogP contribution >= 0.6 is 0 Å². The van der Waals surface area contributed by atoms with Gasteiger partial charge in [-0.05, 0) is 77.7 Å². The normalized spacial score (nSPS) is 10.9. The second-order valence-electron chi connectivity index (χ2n) is 9.64. The summed E-state index contributed by atoms with van der Waals surface area (Å²) >= 11 is 0. The summed E-state index contributed by atoms with van der Waals surface area (Å²) in [4.78, 5) is 12.8. The van der Waals surface area contributed by atoms with Crippen molar-refractivity contribution in [1.82, 2.24) is 5.43 Å². The Hall–Kier alpha value is -5.30. The molecule has 0 saturated heterocycles. The molecule has 218 valence electrons. The van der Waals surface area contributed by atoms with Crippen molar-refractivity contribution < 1.29 is 23.7 Å². The van der Waals surface area contributed by atoms with Crippen molar-refractivity contribution in [1.29, 1.82) is 0 Å². The van der Waals surface area contributed by atoms with Crippen LogP contribution in [0.15, 0.2) is 114 Å². The maximum absolute atomic E-state index is 12.8. The third-order valence-corrected chi connectivity index (χ3v) is 6.62. The predicted molar refractivity (Wildman–Crippen MR) is 169 cm³/mol. The molecule has 5 aromatic rings. The summed E-state index contributed by atoms with van der Waals surface area (Å²) in [5, 5.41) is 6.05. The third-order valence-electron chi connectivity index (χ3n) is 6.62.